The van der Waals surface area contributed by atoms with Crippen molar-refractivity contribution in [2.45, 2.75) is 38.3 Å². The topological polar surface area (TPSA) is 69.6 Å². The van der Waals surface area contributed by atoms with E-state index in [1.54, 1.807) is 12.1 Å². The van der Waals surface area contributed by atoms with E-state index >= 15 is 0 Å². The molecule has 2 aliphatic rings. The van der Waals surface area contributed by atoms with Gasteiger partial charge in [0.1, 0.15) is 5.75 Å². The maximum atomic E-state index is 11.5. The first-order chi connectivity index (χ1) is 9.58. The number of hydrogen-bond donors (Lipinski definition) is 3. The second-order valence-corrected chi connectivity index (χ2v) is 6.17. The lowest BCUT2D eigenvalue weighted by Gasteiger charge is -2.32. The first kappa shape index (κ1) is 13.4. The van der Waals surface area contributed by atoms with Crippen molar-refractivity contribution in [3.05, 3.63) is 29.8 Å². The summed E-state index contributed by atoms with van der Waals surface area (Å²) < 4.78 is 0. The summed E-state index contributed by atoms with van der Waals surface area (Å²) in [7, 11) is 0. The fourth-order valence-electron chi connectivity index (χ4n) is 4.12. The van der Waals surface area contributed by atoms with E-state index < -0.39 is 5.97 Å². The predicted octanol–water partition coefficient (Wildman–Crippen LogP) is 2.54. The predicted molar refractivity (Wildman–Crippen MR) is 75.4 cm³/mol. The molecule has 5 atom stereocenters. The summed E-state index contributed by atoms with van der Waals surface area (Å²) in [6.45, 7) is 1.99. The fourth-order valence-corrected chi connectivity index (χ4v) is 4.12. The largest absolute Gasteiger partial charge is 0.508 e. The zero-order valence-electron chi connectivity index (χ0n) is 11.6. The number of para-hydroxylation sites is 1. The maximum Gasteiger partial charge on any atom is 0.308 e. The molecule has 0 spiro atoms. The number of benzene rings is 1. The van der Waals surface area contributed by atoms with Gasteiger partial charge in [-0.1, -0.05) is 18.2 Å². The molecule has 3 N–H and O–H groups in total. The minimum atomic E-state index is -0.681. The summed E-state index contributed by atoms with van der Waals surface area (Å²) in [5, 5.41) is 22.8. The van der Waals surface area contributed by atoms with Gasteiger partial charge in [0, 0.05) is 17.6 Å². The number of hydrogen-bond acceptors (Lipinski definition) is 3. The highest BCUT2D eigenvalue weighted by Crippen LogP contribution is 2.49. The number of nitrogens with one attached hydrogen (secondary N) is 1. The van der Waals surface area contributed by atoms with E-state index in [9.17, 15) is 15.0 Å². The minimum Gasteiger partial charge on any atom is -0.508 e. The summed E-state index contributed by atoms with van der Waals surface area (Å²) in [6, 6.07) is 7.23. The molecule has 0 heterocycles. The molecule has 0 saturated heterocycles. The van der Waals surface area contributed by atoms with E-state index in [4.69, 9.17) is 0 Å². The molecule has 0 aliphatic heterocycles. The number of carboxylic acids is 1. The van der Waals surface area contributed by atoms with Gasteiger partial charge in [0.15, 0.2) is 0 Å². The SMILES string of the molecule is CC(NC1C2CCC(C2)C1C(=O)O)c1ccccc1O. The van der Waals surface area contributed by atoms with E-state index in [0.717, 1.165) is 24.8 Å². The molecular weight excluding hydrogens is 254 g/mol. The smallest absolute Gasteiger partial charge is 0.308 e. The van der Waals surface area contributed by atoms with E-state index in [1.807, 2.05) is 19.1 Å². The Morgan fingerprint density at radius 3 is 2.70 bits per heavy atom. The molecule has 2 fully saturated rings. The Labute approximate surface area is 118 Å². The molecule has 4 heteroatoms. The van der Waals surface area contributed by atoms with Gasteiger partial charge < -0.3 is 15.5 Å². The van der Waals surface area contributed by atoms with Crippen molar-refractivity contribution in [1.29, 1.82) is 0 Å². The molecule has 2 aliphatic carbocycles. The van der Waals surface area contributed by atoms with Gasteiger partial charge in [0.25, 0.3) is 0 Å². The maximum absolute atomic E-state index is 11.5. The fraction of sp³-hybridized carbons (Fsp3) is 0.562. The Balaban J connectivity index is 1.77. The number of aromatic hydroxyl groups is 1. The average molecular weight is 275 g/mol. The van der Waals surface area contributed by atoms with Crippen molar-refractivity contribution < 1.29 is 15.0 Å². The number of rotatable bonds is 4. The van der Waals surface area contributed by atoms with Crippen molar-refractivity contribution in [2.24, 2.45) is 17.8 Å². The van der Waals surface area contributed by atoms with Crippen molar-refractivity contribution in [3.8, 4) is 5.75 Å². The van der Waals surface area contributed by atoms with Crippen molar-refractivity contribution in [3.63, 3.8) is 0 Å². The minimum absolute atomic E-state index is 0.0286. The Hall–Kier alpha value is -1.55. The zero-order valence-corrected chi connectivity index (χ0v) is 11.6. The highest BCUT2D eigenvalue weighted by atomic mass is 16.4. The van der Waals surface area contributed by atoms with Gasteiger partial charge in [-0.15, -0.1) is 0 Å². The summed E-state index contributed by atoms with van der Waals surface area (Å²) in [6.07, 6.45) is 3.20. The quantitative estimate of drug-likeness (QED) is 0.790. The van der Waals surface area contributed by atoms with E-state index in [0.29, 0.717) is 11.8 Å². The number of carboxylic acid groups (broad SMARTS) is 1. The lowest BCUT2D eigenvalue weighted by molar-refractivity contribution is -0.144. The Bertz CT molecular complexity index is 516. The van der Waals surface area contributed by atoms with Crippen LogP contribution in [0, 0.1) is 17.8 Å². The van der Waals surface area contributed by atoms with Crippen LogP contribution < -0.4 is 5.32 Å². The van der Waals surface area contributed by atoms with Gasteiger partial charge in [0.05, 0.1) is 5.92 Å². The molecular formula is C16H21NO3. The molecule has 1 aromatic rings. The molecule has 0 aromatic heterocycles. The van der Waals surface area contributed by atoms with Gasteiger partial charge in [-0.3, -0.25) is 4.79 Å². The van der Waals surface area contributed by atoms with Crippen LogP contribution in [0.5, 0.6) is 5.75 Å². The molecule has 3 rings (SSSR count). The van der Waals surface area contributed by atoms with Gasteiger partial charge >= 0.3 is 5.97 Å². The van der Waals surface area contributed by atoms with Gasteiger partial charge in [-0.05, 0) is 44.1 Å². The van der Waals surface area contributed by atoms with Gasteiger partial charge in [-0.25, -0.2) is 0 Å². The molecule has 2 saturated carbocycles. The van der Waals surface area contributed by atoms with Gasteiger partial charge in [0.2, 0.25) is 0 Å². The third-order valence-electron chi connectivity index (χ3n) is 5.05. The lowest BCUT2D eigenvalue weighted by Crippen LogP contribution is -2.45. The van der Waals surface area contributed by atoms with Crippen LogP contribution in [0.3, 0.4) is 0 Å². The molecule has 0 radical (unpaired) electrons. The summed E-state index contributed by atoms with van der Waals surface area (Å²) in [5.41, 5.74) is 0.833. The van der Waals surface area contributed by atoms with Crippen molar-refractivity contribution in [1.82, 2.24) is 5.32 Å². The van der Waals surface area contributed by atoms with Crippen LogP contribution in [0.25, 0.3) is 0 Å². The second-order valence-electron chi connectivity index (χ2n) is 6.17. The van der Waals surface area contributed by atoms with Crippen molar-refractivity contribution in [2.75, 3.05) is 0 Å². The van der Waals surface area contributed by atoms with Gasteiger partial charge in [-0.2, -0.15) is 0 Å². The van der Waals surface area contributed by atoms with Crippen molar-refractivity contribution >= 4 is 5.97 Å². The van der Waals surface area contributed by atoms with E-state index in [1.165, 1.54) is 0 Å². The Morgan fingerprint density at radius 2 is 2.00 bits per heavy atom. The molecule has 5 unspecified atom stereocenters. The summed E-state index contributed by atoms with van der Waals surface area (Å²) >= 11 is 0. The van der Waals surface area contributed by atoms with Crippen LogP contribution in [-0.2, 0) is 4.79 Å². The van der Waals surface area contributed by atoms with E-state index in [-0.39, 0.29) is 23.8 Å². The third kappa shape index (κ3) is 2.18. The molecule has 4 nitrogen and oxygen atoms in total. The number of phenolic OH excluding ortho intramolecular Hbond substituents is 1. The molecule has 1 aromatic carbocycles. The number of carbonyl (C=O) groups is 1. The van der Waals surface area contributed by atoms with E-state index in [2.05, 4.69) is 5.32 Å². The van der Waals surface area contributed by atoms with Crippen LogP contribution in [0.2, 0.25) is 0 Å². The normalized spacial score (nSPS) is 33.2. The second kappa shape index (κ2) is 5.09. The Kier molecular flexibility index (Phi) is 3.42. The standard InChI is InChI=1S/C16H21NO3/c1-9(12-4-2-3-5-13(12)18)17-15-11-7-6-10(8-11)14(15)16(19)20/h2-5,9-11,14-15,17-18H,6-8H2,1H3,(H,19,20). The first-order valence-electron chi connectivity index (χ1n) is 7.34. The zero-order chi connectivity index (χ0) is 14.3. The Morgan fingerprint density at radius 1 is 1.30 bits per heavy atom. The molecule has 108 valence electrons. The summed E-state index contributed by atoms with van der Waals surface area (Å²) in [5.74, 6) is 0.102. The van der Waals surface area contributed by atoms with Crippen LogP contribution in [0.4, 0.5) is 0 Å². The molecule has 2 bridgehead atoms. The van der Waals surface area contributed by atoms with Crippen LogP contribution in [0.1, 0.15) is 37.8 Å². The van der Waals surface area contributed by atoms with Crippen LogP contribution in [-0.4, -0.2) is 22.2 Å². The molecule has 0 amide bonds. The van der Waals surface area contributed by atoms with Crippen LogP contribution in [0.15, 0.2) is 24.3 Å². The first-order valence-corrected chi connectivity index (χ1v) is 7.34. The number of fused-ring (bicyclic) bond motifs is 2. The molecule has 20 heavy (non-hydrogen) atoms. The average Bonchev–Trinajstić information content (AvgIpc) is 2.99. The third-order valence-corrected chi connectivity index (χ3v) is 5.05. The number of phenols is 1. The highest BCUT2D eigenvalue weighted by Gasteiger charge is 2.51. The number of aliphatic carboxylic acids is 1. The summed E-state index contributed by atoms with van der Waals surface area (Å²) in [4.78, 5) is 11.5. The van der Waals surface area contributed by atoms with Crippen LogP contribution >= 0.6 is 0 Å². The lowest BCUT2D eigenvalue weighted by atomic mass is 9.84. The monoisotopic (exact) mass is 275 g/mol. The highest BCUT2D eigenvalue weighted by molar-refractivity contribution is 5.72.